The van der Waals surface area contributed by atoms with Crippen LogP contribution in [0.3, 0.4) is 0 Å². The molecule has 1 aromatic heterocycles. The van der Waals surface area contributed by atoms with Crippen LogP contribution < -0.4 is 10.6 Å². The summed E-state index contributed by atoms with van der Waals surface area (Å²) < 4.78 is 0. The fourth-order valence-corrected chi connectivity index (χ4v) is 2.67. The van der Waals surface area contributed by atoms with Gasteiger partial charge in [0.05, 0.1) is 5.02 Å². The Kier molecular flexibility index (Phi) is 4.43. The first-order valence-electron chi connectivity index (χ1n) is 6.34. The highest BCUT2D eigenvalue weighted by Gasteiger charge is 2.21. The summed E-state index contributed by atoms with van der Waals surface area (Å²) in [6, 6.07) is 1.99. The lowest BCUT2D eigenvalue weighted by molar-refractivity contribution is 0.395. The van der Waals surface area contributed by atoms with E-state index < -0.39 is 0 Å². The molecule has 1 atom stereocenters. The molecule has 0 aromatic carbocycles. The van der Waals surface area contributed by atoms with E-state index in [4.69, 9.17) is 17.3 Å². The predicted molar refractivity (Wildman–Crippen MR) is 76.0 cm³/mol. The van der Waals surface area contributed by atoms with Crippen molar-refractivity contribution in [2.75, 3.05) is 38.6 Å². The van der Waals surface area contributed by atoms with Gasteiger partial charge < -0.3 is 15.5 Å². The molecule has 0 bridgehead atoms. The summed E-state index contributed by atoms with van der Waals surface area (Å²) >= 11 is 6.02. The maximum absolute atomic E-state index is 6.02. The lowest BCUT2D eigenvalue weighted by Gasteiger charge is -2.22. The third-order valence-corrected chi connectivity index (χ3v) is 3.89. The molecule has 4 nitrogen and oxygen atoms in total. The molecule has 1 fully saturated rings. The first-order chi connectivity index (χ1) is 8.60. The van der Waals surface area contributed by atoms with E-state index in [1.54, 1.807) is 6.20 Å². The van der Waals surface area contributed by atoms with Crippen molar-refractivity contribution in [1.82, 2.24) is 9.88 Å². The lowest BCUT2D eigenvalue weighted by atomic mass is 10.1. The second-order valence-corrected chi connectivity index (χ2v) is 5.54. The van der Waals surface area contributed by atoms with Gasteiger partial charge in [0.1, 0.15) is 5.82 Å². The van der Waals surface area contributed by atoms with Crippen LogP contribution in [-0.4, -0.2) is 43.6 Å². The fourth-order valence-electron chi connectivity index (χ4n) is 2.49. The van der Waals surface area contributed by atoms with Gasteiger partial charge in [-0.15, -0.1) is 0 Å². The smallest absolute Gasteiger partial charge is 0.128 e. The summed E-state index contributed by atoms with van der Waals surface area (Å²) in [6.45, 7) is 3.85. The zero-order chi connectivity index (χ0) is 13.1. The number of aromatic nitrogens is 1. The zero-order valence-corrected chi connectivity index (χ0v) is 11.8. The van der Waals surface area contributed by atoms with Crippen molar-refractivity contribution < 1.29 is 0 Å². The van der Waals surface area contributed by atoms with Crippen LogP contribution in [0.25, 0.3) is 0 Å². The first kappa shape index (κ1) is 13.6. The Bertz CT molecular complexity index is 410. The van der Waals surface area contributed by atoms with Crippen molar-refractivity contribution in [2.24, 2.45) is 11.7 Å². The van der Waals surface area contributed by atoms with Crippen LogP contribution >= 0.6 is 11.6 Å². The average molecular weight is 269 g/mol. The zero-order valence-electron chi connectivity index (χ0n) is 11.1. The van der Waals surface area contributed by atoms with Crippen molar-refractivity contribution in [3.8, 4) is 0 Å². The minimum absolute atomic E-state index is 0.453. The van der Waals surface area contributed by atoms with Crippen molar-refractivity contribution >= 4 is 17.4 Å². The van der Waals surface area contributed by atoms with Gasteiger partial charge in [0.2, 0.25) is 0 Å². The van der Waals surface area contributed by atoms with E-state index in [2.05, 4.69) is 28.9 Å². The maximum atomic E-state index is 6.02. The summed E-state index contributed by atoms with van der Waals surface area (Å²) in [5.74, 6) is 1.67. The second-order valence-electron chi connectivity index (χ2n) is 5.14. The van der Waals surface area contributed by atoms with Gasteiger partial charge in [-0.25, -0.2) is 4.98 Å². The first-order valence-corrected chi connectivity index (χ1v) is 6.72. The number of anilines is 1. The third kappa shape index (κ3) is 3.13. The topological polar surface area (TPSA) is 45.4 Å². The van der Waals surface area contributed by atoms with Gasteiger partial charge in [-0.1, -0.05) is 11.6 Å². The van der Waals surface area contributed by atoms with E-state index >= 15 is 0 Å². The van der Waals surface area contributed by atoms with Gasteiger partial charge in [0, 0.05) is 32.9 Å². The van der Waals surface area contributed by atoms with Gasteiger partial charge in [-0.3, -0.25) is 0 Å². The third-order valence-electron chi connectivity index (χ3n) is 3.55. The molecule has 5 heteroatoms. The number of pyridine rings is 1. The Labute approximate surface area is 114 Å². The molecule has 1 aliphatic heterocycles. The maximum Gasteiger partial charge on any atom is 0.128 e. The van der Waals surface area contributed by atoms with Crippen molar-refractivity contribution in [1.29, 1.82) is 0 Å². The lowest BCUT2D eigenvalue weighted by Crippen LogP contribution is -2.28. The standard InChI is InChI=1S/C13H21ClN4/c1-17-4-3-10(8-17)9-18(2)13-5-11(6-15)12(14)7-16-13/h5,7,10H,3-4,6,8-9,15H2,1-2H3. The van der Waals surface area contributed by atoms with Crippen LogP contribution in [0.2, 0.25) is 5.02 Å². The molecule has 1 aromatic rings. The van der Waals surface area contributed by atoms with E-state index in [0.717, 1.165) is 23.8 Å². The molecule has 100 valence electrons. The van der Waals surface area contributed by atoms with E-state index in [1.807, 2.05) is 6.07 Å². The Morgan fingerprint density at radius 1 is 1.61 bits per heavy atom. The SMILES string of the molecule is CN1CCC(CN(C)c2cc(CN)c(Cl)cn2)C1. The summed E-state index contributed by atoms with van der Waals surface area (Å²) in [5.41, 5.74) is 6.62. The molecular weight excluding hydrogens is 248 g/mol. The predicted octanol–water partition coefficient (Wildman–Crippen LogP) is 1.58. The van der Waals surface area contributed by atoms with Crippen molar-refractivity contribution in [2.45, 2.75) is 13.0 Å². The highest BCUT2D eigenvalue weighted by atomic mass is 35.5. The monoisotopic (exact) mass is 268 g/mol. The summed E-state index contributed by atoms with van der Waals surface area (Å²) in [4.78, 5) is 8.94. The molecule has 0 radical (unpaired) electrons. The van der Waals surface area contributed by atoms with E-state index in [0.29, 0.717) is 11.6 Å². The van der Waals surface area contributed by atoms with Crippen LogP contribution in [0.15, 0.2) is 12.3 Å². The van der Waals surface area contributed by atoms with E-state index in [1.165, 1.54) is 19.5 Å². The number of hydrogen-bond donors (Lipinski definition) is 1. The number of hydrogen-bond acceptors (Lipinski definition) is 4. The number of likely N-dealkylation sites (tertiary alicyclic amines) is 1. The Balaban J connectivity index is 2.02. The normalized spacial score (nSPS) is 20.3. The van der Waals surface area contributed by atoms with Gasteiger partial charge in [0.15, 0.2) is 0 Å². The van der Waals surface area contributed by atoms with Crippen LogP contribution in [-0.2, 0) is 6.54 Å². The molecule has 1 saturated heterocycles. The molecule has 0 amide bonds. The largest absolute Gasteiger partial charge is 0.359 e. The molecule has 2 N–H and O–H groups in total. The van der Waals surface area contributed by atoms with Gasteiger partial charge >= 0.3 is 0 Å². The van der Waals surface area contributed by atoms with Crippen LogP contribution in [0.1, 0.15) is 12.0 Å². The van der Waals surface area contributed by atoms with Crippen LogP contribution in [0, 0.1) is 5.92 Å². The molecule has 2 rings (SSSR count). The highest BCUT2D eigenvalue weighted by Crippen LogP contribution is 2.22. The Morgan fingerprint density at radius 2 is 2.39 bits per heavy atom. The molecule has 1 aliphatic rings. The molecular formula is C13H21ClN4. The minimum Gasteiger partial charge on any atom is -0.359 e. The molecule has 0 aliphatic carbocycles. The quantitative estimate of drug-likeness (QED) is 0.901. The molecule has 0 saturated carbocycles. The minimum atomic E-state index is 0.453. The summed E-state index contributed by atoms with van der Waals surface area (Å²) in [6.07, 6.45) is 2.95. The summed E-state index contributed by atoms with van der Waals surface area (Å²) in [7, 11) is 4.25. The molecule has 0 spiro atoms. The van der Waals surface area contributed by atoms with Gasteiger partial charge in [-0.05, 0) is 37.6 Å². The van der Waals surface area contributed by atoms with Gasteiger partial charge in [0.25, 0.3) is 0 Å². The van der Waals surface area contributed by atoms with E-state index in [9.17, 15) is 0 Å². The van der Waals surface area contributed by atoms with Crippen molar-refractivity contribution in [3.63, 3.8) is 0 Å². The summed E-state index contributed by atoms with van der Waals surface area (Å²) in [5, 5.41) is 0.648. The average Bonchev–Trinajstić information content (AvgIpc) is 2.75. The Hall–Kier alpha value is -0.840. The Morgan fingerprint density at radius 3 is 3.00 bits per heavy atom. The second kappa shape index (κ2) is 5.87. The molecule has 2 heterocycles. The highest BCUT2D eigenvalue weighted by molar-refractivity contribution is 6.31. The fraction of sp³-hybridized carbons (Fsp3) is 0.615. The number of rotatable bonds is 4. The molecule has 18 heavy (non-hydrogen) atoms. The molecule has 1 unspecified atom stereocenters. The van der Waals surface area contributed by atoms with E-state index in [-0.39, 0.29) is 0 Å². The van der Waals surface area contributed by atoms with Gasteiger partial charge in [-0.2, -0.15) is 0 Å². The number of nitrogens with zero attached hydrogens (tertiary/aromatic N) is 3. The number of nitrogens with two attached hydrogens (primary N) is 1. The van der Waals surface area contributed by atoms with Crippen molar-refractivity contribution in [3.05, 3.63) is 22.8 Å². The number of halogens is 1. The van der Waals surface area contributed by atoms with Crippen LogP contribution in [0.5, 0.6) is 0 Å². The van der Waals surface area contributed by atoms with Crippen LogP contribution in [0.4, 0.5) is 5.82 Å².